The molecule has 1 aliphatic heterocycles. The summed E-state index contributed by atoms with van der Waals surface area (Å²) >= 11 is 1.82. The Morgan fingerprint density at radius 1 is 1.10 bits per heavy atom. The van der Waals surface area contributed by atoms with Crippen LogP contribution >= 0.6 is 11.8 Å². The number of piperazine rings is 1. The summed E-state index contributed by atoms with van der Waals surface area (Å²) in [6.45, 7) is 5.87. The van der Waals surface area contributed by atoms with Crippen molar-refractivity contribution in [3.8, 4) is 6.07 Å². The molecule has 0 spiro atoms. The highest BCUT2D eigenvalue weighted by Gasteiger charge is 2.23. The number of benzene rings is 1. The zero-order valence-corrected chi connectivity index (χ0v) is 19.3. The Labute approximate surface area is 187 Å². The van der Waals surface area contributed by atoms with Crippen LogP contribution in [-0.4, -0.2) is 49.7 Å². The van der Waals surface area contributed by atoms with Crippen LogP contribution in [0.4, 0.5) is 5.69 Å². The molecule has 1 saturated carbocycles. The summed E-state index contributed by atoms with van der Waals surface area (Å²) in [5, 5.41) is 8.57. The zero-order valence-electron chi connectivity index (χ0n) is 18.5. The third kappa shape index (κ3) is 7.32. The van der Waals surface area contributed by atoms with Crippen molar-refractivity contribution in [3.05, 3.63) is 24.3 Å². The first kappa shape index (κ1) is 23.2. The maximum atomic E-state index is 11.5. The van der Waals surface area contributed by atoms with E-state index in [1.165, 1.54) is 68.7 Å². The molecule has 5 heteroatoms. The monoisotopic (exact) mass is 427 g/mol. The van der Waals surface area contributed by atoms with E-state index in [0.717, 1.165) is 31.3 Å². The summed E-state index contributed by atoms with van der Waals surface area (Å²) in [5.41, 5.74) is 1.37. The van der Waals surface area contributed by atoms with Crippen LogP contribution < -0.4 is 4.90 Å². The molecule has 0 N–H and O–H groups in total. The Morgan fingerprint density at radius 2 is 1.80 bits per heavy atom. The van der Waals surface area contributed by atoms with Crippen molar-refractivity contribution in [2.24, 2.45) is 11.8 Å². The zero-order chi connectivity index (χ0) is 21.2. The molecule has 1 heterocycles. The fraction of sp³-hybridized carbons (Fsp3) is 0.680. The molecule has 1 saturated heterocycles. The van der Waals surface area contributed by atoms with Crippen molar-refractivity contribution in [2.75, 3.05) is 43.9 Å². The van der Waals surface area contributed by atoms with Gasteiger partial charge in [-0.05, 0) is 55.7 Å². The summed E-state index contributed by atoms with van der Waals surface area (Å²) in [6.07, 6.45) is 11.7. The molecule has 1 aliphatic carbocycles. The second-order valence-corrected chi connectivity index (χ2v) is 9.85. The van der Waals surface area contributed by atoms with Crippen LogP contribution in [0.25, 0.3) is 0 Å². The molecule has 2 fully saturated rings. The molecule has 30 heavy (non-hydrogen) atoms. The average Bonchev–Trinajstić information content (AvgIpc) is 2.79. The number of nitrogens with zero attached hydrogens (tertiary/aromatic N) is 3. The highest BCUT2D eigenvalue weighted by Crippen LogP contribution is 2.34. The van der Waals surface area contributed by atoms with Crippen LogP contribution in [0.5, 0.6) is 0 Å². The molecule has 4 nitrogen and oxygen atoms in total. The summed E-state index contributed by atoms with van der Waals surface area (Å²) in [5.74, 6) is 1.80. The number of carbonyl (C=O) groups excluding carboxylic acids is 1. The van der Waals surface area contributed by atoms with Crippen molar-refractivity contribution >= 4 is 23.2 Å². The van der Waals surface area contributed by atoms with Gasteiger partial charge in [-0.25, -0.2) is 0 Å². The van der Waals surface area contributed by atoms with Gasteiger partial charge in [0.2, 0.25) is 0 Å². The molecular formula is C25H37N3OS. The molecule has 0 unspecified atom stereocenters. The van der Waals surface area contributed by atoms with Gasteiger partial charge in [0.25, 0.3) is 0 Å². The number of thioether (sulfide) groups is 1. The highest BCUT2D eigenvalue weighted by atomic mass is 32.2. The van der Waals surface area contributed by atoms with Crippen molar-refractivity contribution in [2.45, 2.75) is 62.7 Å². The first-order valence-corrected chi connectivity index (χ1v) is 12.9. The molecule has 3 rings (SSSR count). The Bertz CT molecular complexity index is 701. The molecule has 0 amide bonds. The molecule has 0 aromatic heterocycles. The van der Waals surface area contributed by atoms with Gasteiger partial charge in [0.1, 0.15) is 5.78 Å². The summed E-state index contributed by atoms with van der Waals surface area (Å²) < 4.78 is 0. The Balaban J connectivity index is 1.28. The van der Waals surface area contributed by atoms with Gasteiger partial charge in [0.15, 0.2) is 0 Å². The van der Waals surface area contributed by atoms with E-state index in [9.17, 15) is 4.79 Å². The SMILES string of the molecule is CSc1cccc(N2CCN(CCC3CCC(CCCC(=O)CC#N)CC3)CC2)c1. The maximum absolute atomic E-state index is 11.5. The Hall–Kier alpha value is -1.51. The highest BCUT2D eigenvalue weighted by molar-refractivity contribution is 7.98. The molecule has 164 valence electrons. The number of nitriles is 1. The standard InChI is InChI=1S/C25H37N3OS/c1-30-25-7-3-5-23(20-25)28-18-16-27(17-19-28)15-13-22-10-8-21(9-11-22)4-2-6-24(29)12-14-26/h3,5,7,20-22H,2,4,6,8-13,15-19H2,1H3. The van der Waals surface area contributed by atoms with Crippen LogP contribution in [0.15, 0.2) is 29.2 Å². The van der Waals surface area contributed by atoms with Crippen molar-refractivity contribution in [1.29, 1.82) is 5.26 Å². The van der Waals surface area contributed by atoms with Gasteiger partial charge in [0.05, 0.1) is 12.5 Å². The second kappa shape index (κ2) is 12.4. The van der Waals surface area contributed by atoms with E-state index >= 15 is 0 Å². The molecule has 0 radical (unpaired) electrons. The summed E-state index contributed by atoms with van der Waals surface area (Å²) in [7, 11) is 0. The first-order chi connectivity index (χ1) is 14.7. The lowest BCUT2D eigenvalue weighted by Gasteiger charge is -2.37. The van der Waals surface area contributed by atoms with Crippen molar-refractivity contribution in [3.63, 3.8) is 0 Å². The fourth-order valence-electron chi connectivity index (χ4n) is 4.98. The number of hydrogen-bond donors (Lipinski definition) is 0. The van der Waals surface area contributed by atoms with Crippen LogP contribution in [0.1, 0.15) is 57.8 Å². The lowest BCUT2D eigenvalue weighted by molar-refractivity contribution is -0.118. The van der Waals surface area contributed by atoms with E-state index in [1.54, 1.807) is 0 Å². The summed E-state index contributed by atoms with van der Waals surface area (Å²) in [6, 6.07) is 10.9. The van der Waals surface area contributed by atoms with Gasteiger partial charge in [-0.2, -0.15) is 5.26 Å². The Kier molecular flexibility index (Phi) is 9.55. The number of Topliss-reactive ketones (excluding diaryl/α,β-unsaturated/α-hetero) is 1. The topological polar surface area (TPSA) is 47.3 Å². The van der Waals surface area contributed by atoms with Crippen molar-refractivity contribution in [1.82, 2.24) is 4.90 Å². The largest absolute Gasteiger partial charge is 0.369 e. The van der Waals surface area contributed by atoms with Crippen LogP contribution in [0.2, 0.25) is 0 Å². The number of ketones is 1. The summed E-state index contributed by atoms with van der Waals surface area (Å²) in [4.78, 5) is 18.0. The third-order valence-electron chi connectivity index (χ3n) is 6.95. The smallest absolute Gasteiger partial charge is 0.146 e. The molecule has 2 aliphatic rings. The third-order valence-corrected chi connectivity index (χ3v) is 7.68. The van der Waals surface area contributed by atoms with Gasteiger partial charge in [-0.1, -0.05) is 38.2 Å². The van der Waals surface area contributed by atoms with E-state index in [1.807, 2.05) is 17.8 Å². The van der Waals surface area contributed by atoms with E-state index in [4.69, 9.17) is 5.26 Å². The van der Waals surface area contributed by atoms with Gasteiger partial charge in [-0.3, -0.25) is 9.69 Å². The minimum atomic E-state index is 0.0885. The lowest BCUT2D eigenvalue weighted by atomic mass is 9.78. The molecule has 0 atom stereocenters. The van der Waals surface area contributed by atoms with Crippen LogP contribution in [0, 0.1) is 23.2 Å². The number of hydrogen-bond acceptors (Lipinski definition) is 5. The van der Waals surface area contributed by atoms with Gasteiger partial charge >= 0.3 is 0 Å². The van der Waals surface area contributed by atoms with Crippen LogP contribution in [-0.2, 0) is 4.79 Å². The number of carbonyl (C=O) groups is 1. The van der Waals surface area contributed by atoms with Gasteiger partial charge < -0.3 is 4.90 Å². The van der Waals surface area contributed by atoms with E-state index in [0.29, 0.717) is 6.42 Å². The number of rotatable bonds is 10. The van der Waals surface area contributed by atoms with Gasteiger partial charge in [-0.15, -0.1) is 11.8 Å². The maximum Gasteiger partial charge on any atom is 0.146 e. The Morgan fingerprint density at radius 3 is 2.47 bits per heavy atom. The van der Waals surface area contributed by atoms with Gasteiger partial charge in [0, 0.05) is 43.2 Å². The predicted octanol–water partition coefficient (Wildman–Crippen LogP) is 5.38. The van der Waals surface area contributed by atoms with Crippen molar-refractivity contribution < 1.29 is 4.79 Å². The molecule has 1 aromatic rings. The van der Waals surface area contributed by atoms with E-state index in [2.05, 4.69) is 40.3 Å². The molecular weight excluding hydrogens is 390 g/mol. The number of anilines is 1. The normalized spacial score (nSPS) is 22.6. The fourth-order valence-corrected chi connectivity index (χ4v) is 5.43. The van der Waals surface area contributed by atoms with Crippen LogP contribution in [0.3, 0.4) is 0 Å². The van der Waals surface area contributed by atoms with E-state index in [-0.39, 0.29) is 12.2 Å². The second-order valence-electron chi connectivity index (χ2n) is 8.97. The minimum Gasteiger partial charge on any atom is -0.369 e. The quantitative estimate of drug-likeness (QED) is 0.469. The minimum absolute atomic E-state index is 0.0885. The average molecular weight is 428 g/mol. The first-order valence-electron chi connectivity index (χ1n) is 11.7. The predicted molar refractivity (Wildman–Crippen MR) is 126 cm³/mol. The van der Waals surface area contributed by atoms with E-state index < -0.39 is 0 Å². The molecule has 0 bridgehead atoms. The molecule has 1 aromatic carbocycles. The lowest BCUT2D eigenvalue weighted by Crippen LogP contribution is -2.47.